The van der Waals surface area contributed by atoms with E-state index in [1.54, 1.807) is 0 Å². The molecule has 0 radical (unpaired) electrons. The molecule has 0 fully saturated rings. The number of fused-ring (bicyclic) bond motifs is 2. The standard InChI is InChI=1S/C44H66O8/c1-7-13-21-33(11-5)27-47-29-35(51-41(45)19-9-3)31-49-43-37-23-15-17-25-39(37)44(40-26-18-16-24-38(40)43)50-32-36(52-42(46)20-10-4)30-48-28-34(12-6)22-14-8-2/h15-18,23-26,33-36H,7-14,19-22,27-32H2,1-6H3. The second-order valence-electron chi connectivity index (χ2n) is 14.0. The van der Waals surface area contributed by atoms with Gasteiger partial charge in [-0.15, -0.1) is 0 Å². The average Bonchev–Trinajstić information content (AvgIpc) is 3.15. The molecule has 0 N–H and O–H groups in total. The van der Waals surface area contributed by atoms with Gasteiger partial charge in [0.15, 0.2) is 12.2 Å². The van der Waals surface area contributed by atoms with Crippen LogP contribution >= 0.6 is 0 Å². The van der Waals surface area contributed by atoms with Crippen molar-refractivity contribution in [3.8, 4) is 11.5 Å². The Balaban J connectivity index is 1.85. The van der Waals surface area contributed by atoms with Crippen molar-refractivity contribution < 1.29 is 38.0 Å². The summed E-state index contributed by atoms with van der Waals surface area (Å²) in [5, 5.41) is 3.50. The molecule has 4 atom stereocenters. The third-order valence-corrected chi connectivity index (χ3v) is 9.57. The molecule has 8 nitrogen and oxygen atoms in total. The number of carbonyl (C=O) groups excluding carboxylic acids is 2. The zero-order valence-electron chi connectivity index (χ0n) is 32.9. The Kier molecular flexibility index (Phi) is 20.5. The van der Waals surface area contributed by atoms with Gasteiger partial charge < -0.3 is 28.4 Å². The fourth-order valence-electron chi connectivity index (χ4n) is 6.37. The molecule has 0 aliphatic heterocycles. The van der Waals surface area contributed by atoms with E-state index in [9.17, 15) is 9.59 Å². The van der Waals surface area contributed by atoms with Crippen LogP contribution in [0.5, 0.6) is 11.5 Å². The van der Waals surface area contributed by atoms with Crippen LogP contribution in [0.25, 0.3) is 21.5 Å². The summed E-state index contributed by atoms with van der Waals surface area (Å²) in [4.78, 5) is 25.3. The minimum atomic E-state index is -0.552. The number of rotatable bonds is 28. The van der Waals surface area contributed by atoms with Crippen LogP contribution in [0.4, 0.5) is 0 Å². The molecule has 0 aromatic heterocycles. The lowest BCUT2D eigenvalue weighted by Gasteiger charge is -2.24. The molecule has 52 heavy (non-hydrogen) atoms. The maximum Gasteiger partial charge on any atom is 0.306 e. The van der Waals surface area contributed by atoms with Crippen LogP contribution in [-0.4, -0.2) is 63.8 Å². The molecule has 8 heteroatoms. The topological polar surface area (TPSA) is 89.5 Å². The molecule has 0 saturated carbocycles. The number of benzene rings is 3. The molecule has 3 rings (SSSR count). The molecule has 3 aromatic carbocycles. The highest BCUT2D eigenvalue weighted by molar-refractivity contribution is 6.11. The first kappa shape index (κ1) is 43.0. The van der Waals surface area contributed by atoms with E-state index in [1.165, 1.54) is 12.8 Å². The Morgan fingerprint density at radius 2 is 0.865 bits per heavy atom. The first-order chi connectivity index (χ1) is 25.4. The zero-order chi connectivity index (χ0) is 37.6. The van der Waals surface area contributed by atoms with Crippen molar-refractivity contribution >= 4 is 33.5 Å². The predicted molar refractivity (Wildman–Crippen MR) is 210 cm³/mol. The lowest BCUT2D eigenvalue weighted by atomic mass is 10.0. The molecule has 290 valence electrons. The molecule has 0 aliphatic rings. The largest absolute Gasteiger partial charge is 0.488 e. The van der Waals surface area contributed by atoms with Crippen LogP contribution in [0.1, 0.15) is 119 Å². The fourth-order valence-corrected chi connectivity index (χ4v) is 6.37. The van der Waals surface area contributed by atoms with Gasteiger partial charge in [0.25, 0.3) is 0 Å². The summed E-state index contributed by atoms with van der Waals surface area (Å²) in [5.74, 6) is 1.84. The summed E-state index contributed by atoms with van der Waals surface area (Å²) >= 11 is 0. The molecule has 4 unspecified atom stereocenters. The van der Waals surface area contributed by atoms with Crippen molar-refractivity contribution in [1.29, 1.82) is 0 Å². The summed E-state index contributed by atoms with van der Waals surface area (Å²) in [6.07, 6.45) is 10.0. The molecule has 0 amide bonds. The van der Waals surface area contributed by atoms with Gasteiger partial charge in [0.1, 0.15) is 24.7 Å². The van der Waals surface area contributed by atoms with E-state index in [2.05, 4.69) is 27.7 Å². The van der Waals surface area contributed by atoms with Gasteiger partial charge in [0.05, 0.1) is 13.2 Å². The van der Waals surface area contributed by atoms with Gasteiger partial charge in [0.2, 0.25) is 0 Å². The highest BCUT2D eigenvalue weighted by Crippen LogP contribution is 2.43. The van der Waals surface area contributed by atoms with Crippen LogP contribution in [0.15, 0.2) is 48.5 Å². The van der Waals surface area contributed by atoms with Crippen LogP contribution in [0, 0.1) is 11.8 Å². The van der Waals surface area contributed by atoms with Gasteiger partial charge >= 0.3 is 11.9 Å². The monoisotopic (exact) mass is 722 g/mol. The summed E-state index contributed by atoms with van der Waals surface area (Å²) in [5.41, 5.74) is 0. The fraction of sp³-hybridized carbons (Fsp3) is 0.636. The Hall–Kier alpha value is -3.36. The Labute approximate surface area is 313 Å². The van der Waals surface area contributed by atoms with Crippen molar-refractivity contribution in [2.75, 3.05) is 39.6 Å². The predicted octanol–water partition coefficient (Wildman–Crippen LogP) is 10.6. The second-order valence-corrected chi connectivity index (χ2v) is 14.0. The van der Waals surface area contributed by atoms with Crippen LogP contribution in [-0.2, 0) is 28.5 Å². The minimum absolute atomic E-state index is 0.152. The summed E-state index contributed by atoms with van der Waals surface area (Å²) < 4.78 is 37.2. The number of esters is 2. The number of hydrogen-bond acceptors (Lipinski definition) is 8. The van der Waals surface area contributed by atoms with E-state index in [1.807, 2.05) is 62.4 Å². The molecule has 0 heterocycles. The van der Waals surface area contributed by atoms with Crippen molar-refractivity contribution in [3.63, 3.8) is 0 Å². The Morgan fingerprint density at radius 3 is 1.17 bits per heavy atom. The smallest absolute Gasteiger partial charge is 0.306 e. The highest BCUT2D eigenvalue weighted by Gasteiger charge is 2.23. The van der Waals surface area contributed by atoms with E-state index < -0.39 is 12.2 Å². The molecule has 0 saturated heterocycles. The van der Waals surface area contributed by atoms with Gasteiger partial charge in [-0.2, -0.15) is 0 Å². The van der Waals surface area contributed by atoms with Gasteiger partial charge in [-0.05, 0) is 37.5 Å². The number of ether oxygens (including phenoxy) is 6. The molecular formula is C44H66O8. The molecular weight excluding hydrogens is 656 g/mol. The molecule has 0 bridgehead atoms. The first-order valence-corrected chi connectivity index (χ1v) is 20.1. The maximum atomic E-state index is 12.6. The molecule has 3 aromatic rings. The summed E-state index contributed by atoms with van der Waals surface area (Å²) in [6, 6.07) is 16.0. The van der Waals surface area contributed by atoms with E-state index in [-0.39, 0.29) is 38.4 Å². The number of hydrogen-bond donors (Lipinski definition) is 0. The normalized spacial score (nSPS) is 13.8. The number of unbranched alkanes of at least 4 members (excludes halogenated alkanes) is 2. The quantitative estimate of drug-likeness (QED) is 0.0540. The Bertz CT molecular complexity index is 1290. The SMILES string of the molecule is CCCCC(CC)COCC(COc1c2ccccc2c(OCC(COCC(CC)CCCC)OC(=O)CCC)c2ccccc12)OC(=O)CCC. The van der Waals surface area contributed by atoms with Crippen LogP contribution < -0.4 is 9.47 Å². The van der Waals surface area contributed by atoms with Crippen LogP contribution in [0.2, 0.25) is 0 Å². The van der Waals surface area contributed by atoms with Crippen molar-refractivity contribution in [2.45, 2.75) is 131 Å². The van der Waals surface area contributed by atoms with E-state index >= 15 is 0 Å². The number of carbonyl (C=O) groups is 2. The molecule has 0 aliphatic carbocycles. The van der Waals surface area contributed by atoms with Crippen molar-refractivity contribution in [3.05, 3.63) is 48.5 Å². The third-order valence-electron chi connectivity index (χ3n) is 9.57. The van der Waals surface area contributed by atoms with E-state index in [0.717, 1.165) is 60.1 Å². The molecule has 0 spiro atoms. The summed E-state index contributed by atoms with van der Waals surface area (Å²) in [7, 11) is 0. The van der Waals surface area contributed by atoms with Gasteiger partial charge in [-0.1, -0.05) is 129 Å². The van der Waals surface area contributed by atoms with E-state index in [4.69, 9.17) is 28.4 Å². The van der Waals surface area contributed by atoms with E-state index in [0.29, 0.717) is 62.2 Å². The lowest BCUT2D eigenvalue weighted by molar-refractivity contribution is -0.155. The second kappa shape index (κ2) is 24.8. The van der Waals surface area contributed by atoms with Gasteiger partial charge in [-0.3, -0.25) is 9.59 Å². The van der Waals surface area contributed by atoms with Crippen molar-refractivity contribution in [1.82, 2.24) is 0 Å². The first-order valence-electron chi connectivity index (χ1n) is 20.1. The van der Waals surface area contributed by atoms with Crippen molar-refractivity contribution in [2.24, 2.45) is 11.8 Å². The Morgan fingerprint density at radius 1 is 0.500 bits per heavy atom. The minimum Gasteiger partial charge on any atom is -0.488 e. The maximum absolute atomic E-state index is 12.6. The zero-order valence-corrected chi connectivity index (χ0v) is 32.9. The lowest BCUT2D eigenvalue weighted by Crippen LogP contribution is -2.31. The van der Waals surface area contributed by atoms with Gasteiger partial charge in [-0.25, -0.2) is 0 Å². The van der Waals surface area contributed by atoms with Gasteiger partial charge in [0, 0.05) is 47.6 Å². The van der Waals surface area contributed by atoms with Crippen LogP contribution in [0.3, 0.4) is 0 Å². The highest BCUT2D eigenvalue weighted by atomic mass is 16.6. The average molecular weight is 723 g/mol. The third kappa shape index (κ3) is 14.2. The summed E-state index contributed by atoms with van der Waals surface area (Å²) in [6.45, 7) is 14.8.